The molecule has 0 saturated carbocycles. The van der Waals surface area contributed by atoms with Crippen LogP contribution in [0.3, 0.4) is 0 Å². The molecule has 200 valence electrons. The van der Waals surface area contributed by atoms with Crippen LogP contribution < -0.4 is 0 Å². The second-order valence-corrected chi connectivity index (χ2v) is 11.6. The summed E-state index contributed by atoms with van der Waals surface area (Å²) >= 11 is 0. The third kappa shape index (κ3) is 5.30. The largest absolute Gasteiger partial charge is 0.468 e. The van der Waals surface area contributed by atoms with Gasteiger partial charge in [-0.3, -0.25) is 13.9 Å². The molecule has 0 aromatic heterocycles. The molecule has 0 spiro atoms. The lowest BCUT2D eigenvalue weighted by molar-refractivity contribution is -0.166. The summed E-state index contributed by atoms with van der Waals surface area (Å²) in [5.41, 5.74) is 1.85. The third-order valence-corrected chi connectivity index (χ3v) is 9.00. The zero-order valence-electron chi connectivity index (χ0n) is 22.5. The van der Waals surface area contributed by atoms with Crippen LogP contribution in [-0.4, -0.2) is 45.9 Å². The fraction of sp³-hybridized carbons (Fsp3) is 0.448. The fourth-order valence-corrected chi connectivity index (χ4v) is 6.50. The van der Waals surface area contributed by atoms with E-state index in [1.807, 2.05) is 38.1 Å². The number of carbonyl (C=O) groups is 2. The van der Waals surface area contributed by atoms with Gasteiger partial charge in [0.15, 0.2) is 0 Å². The van der Waals surface area contributed by atoms with Crippen molar-refractivity contribution in [2.45, 2.75) is 63.7 Å². The van der Waals surface area contributed by atoms with E-state index in [2.05, 4.69) is 6.92 Å². The zero-order chi connectivity index (χ0) is 27.4. The number of esters is 2. The smallest absolute Gasteiger partial charge is 0.329 e. The number of allylic oxidation sites excluding steroid dienone is 1. The van der Waals surface area contributed by atoms with Crippen LogP contribution in [0.1, 0.15) is 61.6 Å². The molecule has 0 bridgehead atoms. The molecule has 8 heteroatoms. The summed E-state index contributed by atoms with van der Waals surface area (Å²) in [6, 6.07) is 14.4. The lowest BCUT2D eigenvalue weighted by Gasteiger charge is -2.33. The predicted molar refractivity (Wildman–Crippen MR) is 142 cm³/mol. The van der Waals surface area contributed by atoms with E-state index in [1.54, 1.807) is 12.1 Å². The summed E-state index contributed by atoms with van der Waals surface area (Å²) in [4.78, 5) is 27.0. The molecular weight excluding hydrogens is 490 g/mol. The number of unbranched alkanes of at least 4 members (excludes halogenated alkanes) is 2. The maximum absolute atomic E-state index is 13.9. The number of rotatable bonds is 10. The standard InChI is InChI=1S/C29H37NO6S/c1-7-8-9-10-24-25(22-15-11-20(2)12-16-22)19-29(27(31)35-5,28(32)36-6)26(24)30(4)37(33,34)23-17-13-21(3)14-18-23/h11-18,25H,7-10,19H2,1-6H3. The normalized spacial score (nSPS) is 17.0. The number of aryl methyl sites for hydroxylation is 2. The number of ether oxygens (including phenoxy) is 2. The first-order valence-electron chi connectivity index (χ1n) is 12.6. The molecule has 0 fully saturated rings. The van der Waals surface area contributed by atoms with Gasteiger partial charge in [0.05, 0.1) is 24.8 Å². The minimum absolute atomic E-state index is 0.0277. The number of hydrogen-bond acceptors (Lipinski definition) is 6. The number of sulfonamides is 1. The fourth-order valence-electron chi connectivity index (χ4n) is 5.19. The minimum atomic E-state index is -4.11. The van der Waals surface area contributed by atoms with E-state index >= 15 is 0 Å². The zero-order valence-corrected chi connectivity index (χ0v) is 23.4. The summed E-state index contributed by atoms with van der Waals surface area (Å²) < 4.78 is 39.2. The Kier molecular flexibility index (Phi) is 8.84. The van der Waals surface area contributed by atoms with E-state index in [4.69, 9.17) is 9.47 Å². The second-order valence-electron chi connectivity index (χ2n) is 9.67. The molecule has 2 aromatic carbocycles. The van der Waals surface area contributed by atoms with Crippen molar-refractivity contribution in [3.05, 3.63) is 76.5 Å². The van der Waals surface area contributed by atoms with E-state index < -0.39 is 27.4 Å². The molecule has 1 atom stereocenters. The highest BCUT2D eigenvalue weighted by Gasteiger charge is 2.61. The Morgan fingerprint density at radius 3 is 1.92 bits per heavy atom. The summed E-state index contributed by atoms with van der Waals surface area (Å²) in [5.74, 6) is -2.02. The van der Waals surface area contributed by atoms with E-state index in [1.165, 1.54) is 33.4 Å². The molecule has 1 aliphatic rings. The lowest BCUT2D eigenvalue weighted by atomic mass is 9.81. The molecular formula is C29H37NO6S. The minimum Gasteiger partial charge on any atom is -0.468 e. The first-order chi connectivity index (χ1) is 17.5. The molecule has 0 saturated heterocycles. The van der Waals surface area contributed by atoms with Crippen LogP contribution >= 0.6 is 0 Å². The summed E-state index contributed by atoms with van der Waals surface area (Å²) in [5, 5.41) is 0. The van der Waals surface area contributed by atoms with Crippen LogP contribution in [0.4, 0.5) is 0 Å². The molecule has 0 N–H and O–H groups in total. The van der Waals surface area contributed by atoms with E-state index in [9.17, 15) is 18.0 Å². The van der Waals surface area contributed by atoms with Gasteiger partial charge in [-0.15, -0.1) is 0 Å². The summed E-state index contributed by atoms with van der Waals surface area (Å²) in [7, 11) is -0.297. The van der Waals surface area contributed by atoms with Crippen molar-refractivity contribution in [1.82, 2.24) is 4.31 Å². The van der Waals surface area contributed by atoms with Gasteiger partial charge in [0.25, 0.3) is 10.0 Å². The van der Waals surface area contributed by atoms with Gasteiger partial charge < -0.3 is 9.47 Å². The highest BCUT2D eigenvalue weighted by molar-refractivity contribution is 7.89. The second kappa shape index (κ2) is 11.5. The highest BCUT2D eigenvalue weighted by Crippen LogP contribution is 2.55. The quantitative estimate of drug-likeness (QED) is 0.237. The Bertz CT molecular complexity index is 1250. The molecule has 7 nitrogen and oxygen atoms in total. The van der Waals surface area contributed by atoms with Crippen LogP contribution in [-0.2, 0) is 29.1 Å². The molecule has 1 unspecified atom stereocenters. The first kappa shape index (κ1) is 28.4. The monoisotopic (exact) mass is 527 g/mol. The summed E-state index contributed by atoms with van der Waals surface area (Å²) in [6.07, 6.45) is 3.24. The van der Waals surface area contributed by atoms with Crippen molar-refractivity contribution in [1.29, 1.82) is 0 Å². The SMILES string of the molecule is CCCCCC1=C(N(C)S(=O)(=O)c2ccc(C)cc2)C(C(=O)OC)(C(=O)OC)CC1c1ccc(C)cc1. The molecule has 3 rings (SSSR count). The Balaban J connectivity index is 2.33. The number of benzene rings is 2. The van der Waals surface area contributed by atoms with Crippen molar-refractivity contribution >= 4 is 22.0 Å². The Morgan fingerprint density at radius 1 is 0.919 bits per heavy atom. The van der Waals surface area contributed by atoms with Crippen molar-refractivity contribution in [2.75, 3.05) is 21.3 Å². The molecule has 0 heterocycles. The topological polar surface area (TPSA) is 90.0 Å². The van der Waals surface area contributed by atoms with Crippen LogP contribution in [0.15, 0.2) is 64.7 Å². The van der Waals surface area contributed by atoms with Crippen LogP contribution in [0.2, 0.25) is 0 Å². The molecule has 37 heavy (non-hydrogen) atoms. The van der Waals surface area contributed by atoms with Gasteiger partial charge in [-0.1, -0.05) is 67.3 Å². The average molecular weight is 528 g/mol. The van der Waals surface area contributed by atoms with E-state index in [0.29, 0.717) is 6.42 Å². The predicted octanol–water partition coefficient (Wildman–Crippen LogP) is 5.28. The van der Waals surface area contributed by atoms with Gasteiger partial charge in [-0.05, 0) is 56.4 Å². The Hall–Kier alpha value is -3.13. The number of hydrogen-bond donors (Lipinski definition) is 0. The van der Waals surface area contributed by atoms with Crippen molar-refractivity contribution in [3.8, 4) is 0 Å². The van der Waals surface area contributed by atoms with Gasteiger partial charge in [0.2, 0.25) is 5.41 Å². The van der Waals surface area contributed by atoms with Crippen LogP contribution in [0.25, 0.3) is 0 Å². The molecule has 0 amide bonds. The number of carbonyl (C=O) groups excluding carboxylic acids is 2. The molecule has 1 aliphatic carbocycles. The average Bonchev–Trinajstić information content (AvgIpc) is 3.23. The maximum Gasteiger partial charge on any atom is 0.329 e. The Labute approximate surface area is 220 Å². The lowest BCUT2D eigenvalue weighted by Crippen LogP contribution is -2.47. The number of nitrogens with zero attached hydrogens (tertiary/aromatic N) is 1. The van der Waals surface area contributed by atoms with Gasteiger partial charge in [-0.25, -0.2) is 8.42 Å². The summed E-state index contributed by atoms with van der Waals surface area (Å²) in [6.45, 7) is 5.94. The van der Waals surface area contributed by atoms with Gasteiger partial charge in [0, 0.05) is 13.0 Å². The maximum atomic E-state index is 13.9. The number of methoxy groups -OCH3 is 2. The van der Waals surface area contributed by atoms with E-state index in [-0.39, 0.29) is 22.9 Å². The van der Waals surface area contributed by atoms with Crippen LogP contribution in [0, 0.1) is 19.3 Å². The van der Waals surface area contributed by atoms with Crippen molar-refractivity contribution in [2.24, 2.45) is 5.41 Å². The molecule has 2 aromatic rings. The van der Waals surface area contributed by atoms with Gasteiger partial charge in [0.1, 0.15) is 0 Å². The third-order valence-electron chi connectivity index (χ3n) is 7.23. The highest BCUT2D eigenvalue weighted by atomic mass is 32.2. The van der Waals surface area contributed by atoms with Crippen LogP contribution in [0.5, 0.6) is 0 Å². The van der Waals surface area contributed by atoms with Crippen molar-refractivity contribution in [3.63, 3.8) is 0 Å². The van der Waals surface area contributed by atoms with Crippen molar-refractivity contribution < 1.29 is 27.5 Å². The first-order valence-corrected chi connectivity index (χ1v) is 14.0. The van der Waals surface area contributed by atoms with Gasteiger partial charge in [-0.2, -0.15) is 0 Å². The molecule has 0 radical (unpaired) electrons. The molecule has 0 aliphatic heterocycles. The van der Waals surface area contributed by atoms with Gasteiger partial charge >= 0.3 is 11.9 Å². The Morgan fingerprint density at radius 2 is 1.43 bits per heavy atom. The van der Waals surface area contributed by atoms with E-state index in [0.717, 1.165) is 45.8 Å².